The van der Waals surface area contributed by atoms with Gasteiger partial charge >= 0.3 is 0 Å². The molecule has 1 aromatic carbocycles. The van der Waals surface area contributed by atoms with Crippen LogP contribution in [0, 0.1) is 5.92 Å². The van der Waals surface area contributed by atoms with Crippen LogP contribution in [0.5, 0.6) is 0 Å². The lowest BCUT2D eigenvalue weighted by Crippen LogP contribution is -2.42. The second kappa shape index (κ2) is 4.84. The maximum atomic E-state index is 12.8. The van der Waals surface area contributed by atoms with Crippen molar-refractivity contribution in [1.29, 1.82) is 0 Å². The Hall–Kier alpha value is -1.35. The fourth-order valence-corrected chi connectivity index (χ4v) is 4.46. The molecule has 1 amide bonds. The zero-order valence-corrected chi connectivity index (χ0v) is 12.4. The van der Waals surface area contributed by atoms with Crippen LogP contribution in [0.4, 0.5) is 0 Å². The highest BCUT2D eigenvalue weighted by atomic mass is 16.3. The lowest BCUT2D eigenvalue weighted by atomic mass is 9.78. The van der Waals surface area contributed by atoms with Gasteiger partial charge < -0.3 is 10.0 Å². The number of likely N-dealkylation sites (tertiary alicyclic amines) is 1. The largest absolute Gasteiger partial charge is 0.393 e. The summed E-state index contributed by atoms with van der Waals surface area (Å²) in [6.45, 7) is 1.46. The third-order valence-electron chi connectivity index (χ3n) is 5.77. The van der Waals surface area contributed by atoms with E-state index >= 15 is 0 Å². The lowest BCUT2D eigenvalue weighted by molar-refractivity contribution is -0.135. The number of aliphatic hydroxyl groups is 1. The first-order valence-corrected chi connectivity index (χ1v) is 8.26. The van der Waals surface area contributed by atoms with Crippen LogP contribution < -0.4 is 0 Å². The summed E-state index contributed by atoms with van der Waals surface area (Å²) in [7, 11) is 0. The van der Waals surface area contributed by atoms with Crippen LogP contribution in [0.15, 0.2) is 24.3 Å². The van der Waals surface area contributed by atoms with Crippen LogP contribution in [0.2, 0.25) is 0 Å². The maximum absolute atomic E-state index is 12.8. The van der Waals surface area contributed by atoms with Crippen LogP contribution in [0.25, 0.3) is 0 Å². The fraction of sp³-hybridized carbons (Fsp3) is 0.611. The van der Waals surface area contributed by atoms with Gasteiger partial charge in [-0.1, -0.05) is 24.3 Å². The standard InChI is InChI=1S/C18H23NO2/c20-14-7-10-19(11-8-14)17(21)16-12-18(16)9-3-5-13-4-1-2-6-15(13)18/h1-2,4,6,14,16,20H,3,5,7-12H2. The number of fused-ring (bicyclic) bond motifs is 2. The van der Waals surface area contributed by atoms with E-state index in [1.165, 1.54) is 17.5 Å². The molecule has 1 aromatic rings. The molecule has 0 bridgehead atoms. The van der Waals surface area contributed by atoms with Gasteiger partial charge in [0.25, 0.3) is 0 Å². The molecule has 2 atom stereocenters. The van der Waals surface area contributed by atoms with Gasteiger partial charge in [0.05, 0.1) is 6.10 Å². The summed E-state index contributed by atoms with van der Waals surface area (Å²) in [4.78, 5) is 14.8. The number of nitrogens with zero attached hydrogens (tertiary/aromatic N) is 1. The Balaban J connectivity index is 1.54. The molecule has 1 saturated carbocycles. The van der Waals surface area contributed by atoms with Crippen molar-refractivity contribution in [3.8, 4) is 0 Å². The topological polar surface area (TPSA) is 40.5 Å². The quantitative estimate of drug-likeness (QED) is 0.860. The molecule has 1 saturated heterocycles. The van der Waals surface area contributed by atoms with Crippen molar-refractivity contribution in [1.82, 2.24) is 4.90 Å². The number of piperidine rings is 1. The Morgan fingerprint density at radius 2 is 2.00 bits per heavy atom. The molecule has 2 fully saturated rings. The highest BCUT2D eigenvalue weighted by molar-refractivity contribution is 5.85. The Labute approximate surface area is 126 Å². The Bertz CT molecular complexity index is 562. The lowest BCUT2D eigenvalue weighted by Gasteiger charge is -2.32. The van der Waals surface area contributed by atoms with Crippen LogP contribution in [0.3, 0.4) is 0 Å². The highest BCUT2D eigenvalue weighted by Crippen LogP contribution is 2.60. The summed E-state index contributed by atoms with van der Waals surface area (Å²) in [5, 5.41) is 9.60. The monoisotopic (exact) mass is 285 g/mol. The number of carbonyl (C=O) groups is 1. The molecule has 2 unspecified atom stereocenters. The van der Waals surface area contributed by atoms with Crippen molar-refractivity contribution in [2.75, 3.05) is 13.1 Å². The molecule has 112 valence electrons. The van der Waals surface area contributed by atoms with E-state index < -0.39 is 0 Å². The van der Waals surface area contributed by atoms with Crippen molar-refractivity contribution in [3.63, 3.8) is 0 Å². The summed E-state index contributed by atoms with van der Waals surface area (Å²) < 4.78 is 0. The van der Waals surface area contributed by atoms with Crippen LogP contribution >= 0.6 is 0 Å². The van der Waals surface area contributed by atoms with E-state index in [0.717, 1.165) is 45.2 Å². The molecule has 1 heterocycles. The third-order valence-corrected chi connectivity index (χ3v) is 5.77. The number of aryl methyl sites for hydroxylation is 1. The van der Waals surface area contributed by atoms with Gasteiger partial charge in [0.15, 0.2) is 0 Å². The summed E-state index contributed by atoms with van der Waals surface area (Å²) in [6, 6.07) is 8.70. The number of rotatable bonds is 1. The fourth-order valence-electron chi connectivity index (χ4n) is 4.46. The summed E-state index contributed by atoms with van der Waals surface area (Å²) in [6.07, 6.45) is 5.83. The molecule has 3 heteroatoms. The minimum Gasteiger partial charge on any atom is -0.393 e. The van der Waals surface area contributed by atoms with E-state index in [4.69, 9.17) is 0 Å². The normalized spacial score (nSPS) is 32.0. The molecule has 2 aliphatic carbocycles. The molecule has 1 spiro atoms. The van der Waals surface area contributed by atoms with E-state index in [1.54, 1.807) is 0 Å². The van der Waals surface area contributed by atoms with Gasteiger partial charge in [-0.2, -0.15) is 0 Å². The van der Waals surface area contributed by atoms with Gasteiger partial charge in [-0.3, -0.25) is 4.79 Å². The number of benzene rings is 1. The molecule has 21 heavy (non-hydrogen) atoms. The van der Waals surface area contributed by atoms with Crippen LogP contribution in [-0.2, 0) is 16.6 Å². The Morgan fingerprint density at radius 1 is 1.24 bits per heavy atom. The van der Waals surface area contributed by atoms with Gasteiger partial charge in [-0.05, 0) is 49.7 Å². The molecule has 0 radical (unpaired) electrons. The predicted octanol–water partition coefficient (Wildman–Crippen LogP) is 2.26. The van der Waals surface area contributed by atoms with Crippen molar-refractivity contribution >= 4 is 5.91 Å². The van der Waals surface area contributed by atoms with E-state index in [0.29, 0.717) is 5.91 Å². The smallest absolute Gasteiger partial charge is 0.226 e. The highest BCUT2D eigenvalue weighted by Gasteiger charge is 2.60. The second-order valence-electron chi connectivity index (χ2n) is 6.98. The SMILES string of the molecule is O=C(C1CC12CCCc1ccccc12)N1CCC(O)CC1. The van der Waals surface area contributed by atoms with Crippen molar-refractivity contribution in [3.05, 3.63) is 35.4 Å². The molecule has 3 nitrogen and oxygen atoms in total. The number of carbonyl (C=O) groups excluding carboxylic acids is 1. The van der Waals surface area contributed by atoms with E-state index in [2.05, 4.69) is 24.3 Å². The second-order valence-corrected chi connectivity index (χ2v) is 6.98. The van der Waals surface area contributed by atoms with Gasteiger partial charge in [0.2, 0.25) is 5.91 Å². The van der Waals surface area contributed by atoms with Crippen molar-refractivity contribution in [2.45, 2.75) is 50.0 Å². The molecule has 0 aromatic heterocycles. The van der Waals surface area contributed by atoms with E-state index in [9.17, 15) is 9.90 Å². The molecule has 4 rings (SSSR count). The summed E-state index contributed by atoms with van der Waals surface area (Å²) in [5.41, 5.74) is 3.03. The Morgan fingerprint density at radius 3 is 2.81 bits per heavy atom. The molecule has 1 N–H and O–H groups in total. The number of amides is 1. The minimum atomic E-state index is -0.211. The van der Waals surface area contributed by atoms with Gasteiger partial charge in [-0.25, -0.2) is 0 Å². The first-order chi connectivity index (χ1) is 10.2. The van der Waals surface area contributed by atoms with Gasteiger partial charge in [-0.15, -0.1) is 0 Å². The average molecular weight is 285 g/mol. The van der Waals surface area contributed by atoms with Gasteiger partial charge in [0.1, 0.15) is 0 Å². The van der Waals surface area contributed by atoms with Crippen LogP contribution in [-0.4, -0.2) is 35.1 Å². The van der Waals surface area contributed by atoms with E-state index in [-0.39, 0.29) is 17.4 Å². The summed E-state index contributed by atoms with van der Waals surface area (Å²) >= 11 is 0. The zero-order valence-electron chi connectivity index (χ0n) is 12.4. The maximum Gasteiger partial charge on any atom is 0.226 e. The summed E-state index contributed by atoms with van der Waals surface area (Å²) in [5.74, 6) is 0.521. The van der Waals surface area contributed by atoms with Crippen molar-refractivity contribution < 1.29 is 9.90 Å². The molecular weight excluding hydrogens is 262 g/mol. The molecule has 3 aliphatic rings. The first-order valence-electron chi connectivity index (χ1n) is 8.26. The minimum absolute atomic E-state index is 0.141. The number of aliphatic hydroxyl groups excluding tert-OH is 1. The molecular formula is C18H23NO2. The third kappa shape index (κ3) is 2.10. The predicted molar refractivity (Wildman–Crippen MR) is 81.0 cm³/mol. The average Bonchev–Trinajstić information content (AvgIpc) is 3.23. The first kappa shape index (κ1) is 13.3. The van der Waals surface area contributed by atoms with Crippen molar-refractivity contribution in [2.24, 2.45) is 5.92 Å². The Kier molecular flexibility index (Phi) is 3.07. The van der Waals surface area contributed by atoms with Gasteiger partial charge in [0, 0.05) is 24.4 Å². The zero-order chi connectivity index (χ0) is 14.4. The van der Waals surface area contributed by atoms with E-state index in [1.807, 2.05) is 4.90 Å². The molecule has 1 aliphatic heterocycles. The number of hydrogen-bond donors (Lipinski definition) is 1. The van der Waals surface area contributed by atoms with Crippen LogP contribution in [0.1, 0.15) is 43.2 Å². The number of hydrogen-bond acceptors (Lipinski definition) is 2.